The van der Waals surface area contributed by atoms with Gasteiger partial charge >= 0.3 is 5.63 Å². The van der Waals surface area contributed by atoms with E-state index in [1.54, 1.807) is 24.3 Å². The maximum Gasteiger partial charge on any atom is 0.336 e. The summed E-state index contributed by atoms with van der Waals surface area (Å²) in [4.78, 5) is 12.1. The van der Waals surface area contributed by atoms with Crippen molar-refractivity contribution in [3.63, 3.8) is 0 Å². The number of halogens is 1. The third kappa shape index (κ3) is 4.60. The van der Waals surface area contributed by atoms with Crippen molar-refractivity contribution < 1.29 is 13.5 Å². The Kier molecular flexibility index (Phi) is 6.41. The van der Waals surface area contributed by atoms with Gasteiger partial charge < -0.3 is 9.15 Å². The van der Waals surface area contributed by atoms with Gasteiger partial charge in [0.15, 0.2) is 22.5 Å². The normalized spacial score (nSPS) is 11.1. The quantitative estimate of drug-likeness (QED) is 0.208. The van der Waals surface area contributed by atoms with Gasteiger partial charge in [0.1, 0.15) is 12.2 Å². The van der Waals surface area contributed by atoms with E-state index >= 15 is 0 Å². The monoisotopic (exact) mass is 451 g/mol. The summed E-state index contributed by atoms with van der Waals surface area (Å²) < 4.78 is 26.7. The summed E-state index contributed by atoms with van der Waals surface area (Å²) in [5.41, 5.74) is 3.24. The average Bonchev–Trinajstić information content (AvgIpc) is 3.14. The van der Waals surface area contributed by atoms with Crippen LogP contribution in [0.2, 0.25) is 0 Å². The molecule has 0 bridgehead atoms. The second kappa shape index (κ2) is 9.40. The fourth-order valence-electron chi connectivity index (χ4n) is 3.29. The number of nitrogens with zero attached hydrogens (tertiary/aromatic N) is 3. The zero-order valence-corrected chi connectivity index (χ0v) is 18.6. The number of allylic oxidation sites excluding steroid dienone is 1. The van der Waals surface area contributed by atoms with E-state index in [0.717, 1.165) is 22.1 Å². The molecule has 0 fully saturated rings. The SMILES string of the molecule is C=CCn1c(COc2ccccc2F)nnc1SCc1cc(=O)oc2cc(C)c(C)cc12. The van der Waals surface area contributed by atoms with Crippen LogP contribution in [0.1, 0.15) is 22.5 Å². The highest BCUT2D eigenvalue weighted by Crippen LogP contribution is 2.28. The van der Waals surface area contributed by atoms with Crippen LogP contribution in [-0.4, -0.2) is 14.8 Å². The minimum Gasteiger partial charge on any atom is -0.483 e. The number of fused-ring (bicyclic) bond motifs is 1. The lowest BCUT2D eigenvalue weighted by Gasteiger charge is -2.10. The summed E-state index contributed by atoms with van der Waals surface area (Å²) in [5, 5.41) is 10.0. The predicted molar refractivity (Wildman–Crippen MR) is 122 cm³/mol. The van der Waals surface area contributed by atoms with E-state index in [9.17, 15) is 9.18 Å². The molecule has 0 spiro atoms. The molecule has 2 aromatic heterocycles. The van der Waals surface area contributed by atoms with Crippen molar-refractivity contribution in [3.05, 3.63) is 93.9 Å². The number of aromatic nitrogens is 3. The van der Waals surface area contributed by atoms with Crippen molar-refractivity contribution in [2.24, 2.45) is 0 Å². The van der Waals surface area contributed by atoms with Crippen LogP contribution in [0.3, 0.4) is 0 Å². The van der Waals surface area contributed by atoms with E-state index in [4.69, 9.17) is 9.15 Å². The number of ether oxygens (including phenoxy) is 1. The first-order chi connectivity index (χ1) is 15.5. The molecule has 32 heavy (non-hydrogen) atoms. The van der Waals surface area contributed by atoms with Crippen molar-refractivity contribution in [1.29, 1.82) is 0 Å². The number of aryl methyl sites for hydroxylation is 2. The molecule has 0 aliphatic heterocycles. The van der Waals surface area contributed by atoms with E-state index in [0.29, 0.717) is 28.9 Å². The Balaban J connectivity index is 1.57. The molecule has 8 heteroatoms. The number of thioether (sulfide) groups is 1. The summed E-state index contributed by atoms with van der Waals surface area (Å²) in [6, 6.07) is 11.7. The van der Waals surface area contributed by atoms with E-state index in [2.05, 4.69) is 16.8 Å². The lowest BCUT2D eigenvalue weighted by Crippen LogP contribution is -2.08. The third-order valence-electron chi connectivity index (χ3n) is 5.10. The molecule has 164 valence electrons. The van der Waals surface area contributed by atoms with Gasteiger partial charge in [0.05, 0.1) is 0 Å². The smallest absolute Gasteiger partial charge is 0.336 e. The summed E-state index contributed by atoms with van der Waals surface area (Å²) in [6.45, 7) is 8.35. The van der Waals surface area contributed by atoms with Crippen LogP contribution < -0.4 is 10.4 Å². The van der Waals surface area contributed by atoms with Crippen LogP contribution in [0.15, 0.2) is 69.5 Å². The fraction of sp³-hybridized carbons (Fsp3) is 0.208. The molecule has 6 nitrogen and oxygen atoms in total. The molecule has 0 unspecified atom stereocenters. The first-order valence-corrected chi connectivity index (χ1v) is 11.0. The van der Waals surface area contributed by atoms with Crippen LogP contribution in [0, 0.1) is 19.7 Å². The Morgan fingerprint density at radius 2 is 1.97 bits per heavy atom. The first-order valence-electron chi connectivity index (χ1n) is 10.0. The molecule has 0 saturated heterocycles. The standard InChI is InChI=1S/C24H22FN3O3S/c1-4-9-28-22(13-30-20-8-6-5-7-19(20)25)26-27-24(28)32-14-17-12-23(29)31-21-11-16(3)15(2)10-18(17)21/h4-8,10-12H,1,9,13-14H2,2-3H3. The highest BCUT2D eigenvalue weighted by molar-refractivity contribution is 7.98. The van der Waals surface area contributed by atoms with Crippen molar-refractivity contribution >= 4 is 22.7 Å². The number of benzene rings is 2. The molecule has 0 saturated carbocycles. The van der Waals surface area contributed by atoms with Crippen LogP contribution in [-0.2, 0) is 18.9 Å². The number of rotatable bonds is 8. The Morgan fingerprint density at radius 3 is 2.75 bits per heavy atom. The molecular formula is C24H22FN3O3S. The number of para-hydroxylation sites is 1. The molecule has 4 aromatic rings. The maximum atomic E-state index is 13.8. The molecule has 4 rings (SSSR count). The minimum absolute atomic E-state index is 0.0681. The zero-order valence-electron chi connectivity index (χ0n) is 17.8. The number of hydrogen-bond donors (Lipinski definition) is 0. The fourth-order valence-corrected chi connectivity index (χ4v) is 4.25. The summed E-state index contributed by atoms with van der Waals surface area (Å²) in [6.07, 6.45) is 1.73. The second-order valence-electron chi connectivity index (χ2n) is 7.33. The molecule has 0 radical (unpaired) electrons. The molecule has 0 aliphatic carbocycles. The van der Waals surface area contributed by atoms with Gasteiger partial charge in [-0.2, -0.15) is 0 Å². The van der Waals surface area contributed by atoms with Gasteiger partial charge in [-0.15, -0.1) is 16.8 Å². The van der Waals surface area contributed by atoms with Crippen LogP contribution >= 0.6 is 11.8 Å². The maximum absolute atomic E-state index is 13.8. The van der Waals surface area contributed by atoms with Gasteiger partial charge in [-0.1, -0.05) is 30.0 Å². The Labute approximate surface area is 188 Å². The highest BCUT2D eigenvalue weighted by atomic mass is 32.2. The van der Waals surface area contributed by atoms with Crippen molar-refractivity contribution in [1.82, 2.24) is 14.8 Å². The number of hydrogen-bond acceptors (Lipinski definition) is 6. The average molecular weight is 452 g/mol. The summed E-state index contributed by atoms with van der Waals surface area (Å²) in [7, 11) is 0. The van der Waals surface area contributed by atoms with Crippen molar-refractivity contribution in [2.75, 3.05) is 0 Å². The molecule has 0 amide bonds. The Bertz CT molecular complexity index is 1350. The van der Waals surface area contributed by atoms with Gasteiger partial charge in [-0.25, -0.2) is 9.18 Å². The highest BCUT2D eigenvalue weighted by Gasteiger charge is 2.15. The van der Waals surface area contributed by atoms with Gasteiger partial charge in [-0.05, 0) is 54.8 Å². The molecule has 2 heterocycles. The lowest BCUT2D eigenvalue weighted by molar-refractivity contribution is 0.275. The predicted octanol–water partition coefficient (Wildman–Crippen LogP) is 5.20. The van der Waals surface area contributed by atoms with E-state index in [1.807, 2.05) is 30.5 Å². The summed E-state index contributed by atoms with van der Waals surface area (Å²) >= 11 is 1.45. The van der Waals surface area contributed by atoms with Crippen molar-refractivity contribution in [3.8, 4) is 5.75 Å². The molecule has 0 atom stereocenters. The Hall–Kier alpha value is -3.39. The van der Waals surface area contributed by atoms with E-state index in [-0.39, 0.29) is 18.0 Å². The third-order valence-corrected chi connectivity index (χ3v) is 6.12. The van der Waals surface area contributed by atoms with Gasteiger partial charge in [-0.3, -0.25) is 4.57 Å². The molecule has 0 aliphatic rings. The second-order valence-corrected chi connectivity index (χ2v) is 8.27. The van der Waals surface area contributed by atoms with E-state index in [1.165, 1.54) is 23.9 Å². The largest absolute Gasteiger partial charge is 0.483 e. The van der Waals surface area contributed by atoms with Crippen LogP contribution in [0.4, 0.5) is 4.39 Å². The molecule has 2 aromatic carbocycles. The van der Waals surface area contributed by atoms with Crippen molar-refractivity contribution in [2.45, 2.75) is 37.9 Å². The topological polar surface area (TPSA) is 70.2 Å². The van der Waals surface area contributed by atoms with Crippen LogP contribution in [0.5, 0.6) is 5.75 Å². The molecular weight excluding hydrogens is 429 g/mol. The lowest BCUT2D eigenvalue weighted by atomic mass is 10.0. The minimum atomic E-state index is -0.433. The first kappa shape index (κ1) is 21.8. The van der Waals surface area contributed by atoms with Gasteiger partial charge in [0.25, 0.3) is 0 Å². The summed E-state index contributed by atoms with van der Waals surface area (Å²) in [5.74, 6) is 0.786. The molecule has 0 N–H and O–H groups in total. The van der Waals surface area contributed by atoms with E-state index < -0.39 is 5.82 Å². The van der Waals surface area contributed by atoms with Crippen LogP contribution in [0.25, 0.3) is 11.0 Å². The van der Waals surface area contributed by atoms with Gasteiger partial charge in [0, 0.05) is 23.8 Å². The zero-order chi connectivity index (χ0) is 22.7. The van der Waals surface area contributed by atoms with Gasteiger partial charge in [0.2, 0.25) is 0 Å². The Morgan fingerprint density at radius 1 is 1.19 bits per heavy atom.